The highest BCUT2D eigenvalue weighted by molar-refractivity contribution is 6.31. The van der Waals surface area contributed by atoms with E-state index in [4.69, 9.17) is 11.6 Å². The van der Waals surface area contributed by atoms with Crippen molar-refractivity contribution in [1.29, 1.82) is 0 Å². The first kappa shape index (κ1) is 15.8. The number of carbonyl (C=O) groups excluding carboxylic acids is 1. The number of amides is 1. The van der Waals surface area contributed by atoms with Crippen LogP contribution in [0.2, 0.25) is 5.02 Å². The molecule has 2 unspecified atom stereocenters. The summed E-state index contributed by atoms with van der Waals surface area (Å²) in [5.41, 5.74) is 1.05. The Kier molecular flexibility index (Phi) is 5.34. The van der Waals surface area contributed by atoms with Gasteiger partial charge in [-0.05, 0) is 43.5 Å². The minimum absolute atomic E-state index is 0.0525. The first-order valence-corrected chi connectivity index (χ1v) is 8.59. The fourth-order valence-corrected chi connectivity index (χ4v) is 3.72. The lowest BCUT2D eigenvalue weighted by Gasteiger charge is -2.37. The number of hydrogen-bond donors (Lipinski definition) is 2. The summed E-state index contributed by atoms with van der Waals surface area (Å²) in [7, 11) is 0. The maximum absolute atomic E-state index is 12.7. The molecule has 0 radical (unpaired) electrons. The van der Waals surface area contributed by atoms with Gasteiger partial charge in [0.25, 0.3) is 0 Å². The van der Waals surface area contributed by atoms with Crippen LogP contribution < -0.4 is 10.6 Å². The average molecular weight is 322 g/mol. The van der Waals surface area contributed by atoms with E-state index in [2.05, 4.69) is 10.6 Å². The molecule has 1 aromatic carbocycles. The third-order valence-electron chi connectivity index (χ3n) is 4.76. The van der Waals surface area contributed by atoms with Gasteiger partial charge in [-0.25, -0.2) is 0 Å². The molecule has 1 aromatic rings. The molecule has 0 bridgehead atoms. The van der Waals surface area contributed by atoms with Crippen molar-refractivity contribution < 1.29 is 4.79 Å². The summed E-state index contributed by atoms with van der Waals surface area (Å²) in [4.78, 5) is 14.7. The number of hydrogen-bond acceptors (Lipinski definition) is 3. The molecule has 1 amide bonds. The minimum atomic E-state index is 0.0525. The predicted octanol–water partition coefficient (Wildman–Crippen LogP) is 2.20. The SMILES string of the molecule is O=C(CCC1CCNC1)N1CCNCC1c1ccccc1Cl. The molecule has 5 heteroatoms. The highest BCUT2D eigenvalue weighted by atomic mass is 35.5. The molecule has 0 saturated carbocycles. The summed E-state index contributed by atoms with van der Waals surface area (Å²) in [5.74, 6) is 0.920. The van der Waals surface area contributed by atoms with Crippen LogP contribution in [0.25, 0.3) is 0 Å². The largest absolute Gasteiger partial charge is 0.333 e. The zero-order chi connectivity index (χ0) is 15.4. The quantitative estimate of drug-likeness (QED) is 0.893. The molecule has 3 rings (SSSR count). The van der Waals surface area contributed by atoms with E-state index in [0.29, 0.717) is 12.3 Å². The zero-order valence-electron chi connectivity index (χ0n) is 12.9. The average Bonchev–Trinajstić information content (AvgIpc) is 3.06. The molecule has 0 spiro atoms. The number of rotatable bonds is 4. The number of benzene rings is 1. The fourth-order valence-electron chi connectivity index (χ4n) is 3.46. The van der Waals surface area contributed by atoms with Crippen molar-refractivity contribution in [3.8, 4) is 0 Å². The second-order valence-corrected chi connectivity index (χ2v) is 6.63. The van der Waals surface area contributed by atoms with Crippen LogP contribution in [0.3, 0.4) is 0 Å². The van der Waals surface area contributed by atoms with E-state index in [1.54, 1.807) is 0 Å². The van der Waals surface area contributed by atoms with Crippen molar-refractivity contribution in [3.05, 3.63) is 34.9 Å². The molecule has 2 saturated heterocycles. The van der Waals surface area contributed by atoms with Gasteiger partial charge in [0, 0.05) is 31.1 Å². The highest BCUT2D eigenvalue weighted by Gasteiger charge is 2.29. The van der Waals surface area contributed by atoms with E-state index in [1.165, 1.54) is 6.42 Å². The molecular formula is C17H24ClN3O. The van der Waals surface area contributed by atoms with Crippen LogP contribution in [0, 0.1) is 5.92 Å². The third kappa shape index (κ3) is 3.62. The van der Waals surface area contributed by atoms with Crippen LogP contribution in [-0.2, 0) is 4.79 Å². The molecule has 2 aliphatic heterocycles. The second-order valence-electron chi connectivity index (χ2n) is 6.23. The molecule has 2 fully saturated rings. The Bertz CT molecular complexity index is 516. The van der Waals surface area contributed by atoms with Gasteiger partial charge >= 0.3 is 0 Å². The number of carbonyl (C=O) groups is 1. The topological polar surface area (TPSA) is 44.4 Å². The summed E-state index contributed by atoms with van der Waals surface area (Å²) in [6.07, 6.45) is 2.83. The van der Waals surface area contributed by atoms with Gasteiger partial charge in [0.1, 0.15) is 0 Å². The lowest BCUT2D eigenvalue weighted by Crippen LogP contribution is -2.48. The van der Waals surface area contributed by atoms with Crippen molar-refractivity contribution in [1.82, 2.24) is 15.5 Å². The Balaban J connectivity index is 1.66. The fraction of sp³-hybridized carbons (Fsp3) is 0.588. The number of nitrogens with zero attached hydrogens (tertiary/aromatic N) is 1. The molecule has 0 aromatic heterocycles. The number of nitrogens with one attached hydrogen (secondary N) is 2. The van der Waals surface area contributed by atoms with E-state index in [9.17, 15) is 4.79 Å². The second kappa shape index (κ2) is 7.44. The monoisotopic (exact) mass is 321 g/mol. The standard InChI is InChI=1S/C17H24ClN3O/c18-15-4-2-1-3-14(15)16-12-20-9-10-21(16)17(22)6-5-13-7-8-19-11-13/h1-4,13,16,19-20H,5-12H2. The summed E-state index contributed by atoms with van der Waals surface area (Å²) in [6.45, 7) is 4.55. The Morgan fingerprint density at radius 1 is 1.23 bits per heavy atom. The van der Waals surface area contributed by atoms with Crippen LogP contribution in [-0.4, -0.2) is 43.5 Å². The Morgan fingerprint density at radius 3 is 2.82 bits per heavy atom. The molecule has 0 aliphatic carbocycles. The van der Waals surface area contributed by atoms with Crippen molar-refractivity contribution >= 4 is 17.5 Å². The zero-order valence-corrected chi connectivity index (χ0v) is 13.6. The molecule has 2 atom stereocenters. The molecule has 4 nitrogen and oxygen atoms in total. The summed E-state index contributed by atoms with van der Waals surface area (Å²) in [5, 5.41) is 7.49. The van der Waals surface area contributed by atoms with E-state index < -0.39 is 0 Å². The molecular weight excluding hydrogens is 298 g/mol. The van der Waals surface area contributed by atoms with Crippen LogP contribution in [0.15, 0.2) is 24.3 Å². The van der Waals surface area contributed by atoms with E-state index >= 15 is 0 Å². The van der Waals surface area contributed by atoms with Gasteiger partial charge in [-0.2, -0.15) is 0 Å². The predicted molar refractivity (Wildman–Crippen MR) is 89.0 cm³/mol. The third-order valence-corrected chi connectivity index (χ3v) is 5.10. The van der Waals surface area contributed by atoms with Gasteiger partial charge < -0.3 is 15.5 Å². The first-order valence-electron chi connectivity index (χ1n) is 8.21. The van der Waals surface area contributed by atoms with Gasteiger partial charge in [0.05, 0.1) is 6.04 Å². The smallest absolute Gasteiger partial charge is 0.223 e. The lowest BCUT2D eigenvalue weighted by molar-refractivity contribution is -0.134. The Labute approximate surface area is 137 Å². The normalized spacial score (nSPS) is 25.4. The van der Waals surface area contributed by atoms with Crippen LogP contribution in [0.4, 0.5) is 0 Å². The van der Waals surface area contributed by atoms with E-state index in [0.717, 1.165) is 49.7 Å². The minimum Gasteiger partial charge on any atom is -0.333 e. The van der Waals surface area contributed by atoms with Crippen LogP contribution in [0.1, 0.15) is 30.9 Å². The lowest BCUT2D eigenvalue weighted by atomic mass is 9.99. The molecule has 22 heavy (non-hydrogen) atoms. The molecule has 2 aliphatic rings. The summed E-state index contributed by atoms with van der Waals surface area (Å²) >= 11 is 6.33. The molecule has 2 heterocycles. The maximum atomic E-state index is 12.7. The van der Waals surface area contributed by atoms with Gasteiger partial charge in [0.15, 0.2) is 0 Å². The van der Waals surface area contributed by atoms with E-state index in [-0.39, 0.29) is 11.9 Å². The van der Waals surface area contributed by atoms with Crippen LogP contribution >= 0.6 is 11.6 Å². The number of piperazine rings is 1. The Morgan fingerprint density at radius 2 is 2.05 bits per heavy atom. The molecule has 120 valence electrons. The van der Waals surface area contributed by atoms with Crippen molar-refractivity contribution in [2.45, 2.75) is 25.3 Å². The summed E-state index contributed by atoms with van der Waals surface area (Å²) < 4.78 is 0. The maximum Gasteiger partial charge on any atom is 0.223 e. The highest BCUT2D eigenvalue weighted by Crippen LogP contribution is 2.29. The van der Waals surface area contributed by atoms with Crippen molar-refractivity contribution in [3.63, 3.8) is 0 Å². The number of halogens is 1. The van der Waals surface area contributed by atoms with Crippen molar-refractivity contribution in [2.75, 3.05) is 32.7 Å². The summed E-state index contributed by atoms with van der Waals surface area (Å²) in [6, 6.07) is 7.90. The first-order chi connectivity index (χ1) is 10.8. The van der Waals surface area contributed by atoms with Gasteiger partial charge in [0.2, 0.25) is 5.91 Å². The van der Waals surface area contributed by atoms with Gasteiger partial charge in [-0.1, -0.05) is 29.8 Å². The Hall–Kier alpha value is -1.10. The van der Waals surface area contributed by atoms with Gasteiger partial charge in [-0.15, -0.1) is 0 Å². The van der Waals surface area contributed by atoms with E-state index in [1.807, 2.05) is 29.2 Å². The molecule has 2 N–H and O–H groups in total. The van der Waals surface area contributed by atoms with Gasteiger partial charge in [-0.3, -0.25) is 4.79 Å². The van der Waals surface area contributed by atoms with Crippen LogP contribution in [0.5, 0.6) is 0 Å². The van der Waals surface area contributed by atoms with Crippen molar-refractivity contribution in [2.24, 2.45) is 5.92 Å².